The Kier molecular flexibility index (Phi) is 5.71. The second-order valence-electron chi connectivity index (χ2n) is 4.07. The normalized spacial score (nSPS) is 13.4. The van der Waals surface area contributed by atoms with E-state index >= 15 is 0 Å². The Hall–Kier alpha value is -0.570. The molecule has 0 amide bonds. The van der Waals surface area contributed by atoms with E-state index in [1.807, 2.05) is 6.92 Å². The molecule has 0 aliphatic carbocycles. The largest absolute Gasteiger partial charge is 0.387 e. The van der Waals surface area contributed by atoms with Crippen molar-refractivity contribution in [1.29, 1.82) is 0 Å². The smallest absolute Gasteiger partial charge is 0.0934 e. The molecule has 13 heavy (non-hydrogen) atoms. The fourth-order valence-electron chi connectivity index (χ4n) is 0.885. The Balaban J connectivity index is 3.87. The number of nitrogens with two attached hydrogens (primary N) is 1. The SMILES string of the molecule is CCC(N)=NCC(C)(C)CCOC. The molecule has 2 N–H and O–H groups in total. The van der Waals surface area contributed by atoms with E-state index in [0.717, 1.165) is 31.8 Å². The maximum absolute atomic E-state index is 5.63. The maximum atomic E-state index is 5.63. The minimum Gasteiger partial charge on any atom is -0.387 e. The molecule has 78 valence electrons. The average Bonchev–Trinajstić information content (AvgIpc) is 2.11. The molecule has 0 saturated heterocycles. The van der Waals surface area contributed by atoms with Crippen LogP contribution in [0.3, 0.4) is 0 Å². The van der Waals surface area contributed by atoms with Crippen molar-refractivity contribution in [2.24, 2.45) is 16.1 Å². The van der Waals surface area contributed by atoms with Gasteiger partial charge in [0, 0.05) is 26.7 Å². The van der Waals surface area contributed by atoms with E-state index in [2.05, 4.69) is 18.8 Å². The third kappa shape index (κ3) is 6.58. The Morgan fingerprint density at radius 1 is 1.46 bits per heavy atom. The zero-order valence-electron chi connectivity index (χ0n) is 9.26. The fraction of sp³-hybridized carbons (Fsp3) is 0.900. The summed E-state index contributed by atoms with van der Waals surface area (Å²) < 4.78 is 5.03. The lowest BCUT2D eigenvalue weighted by Crippen LogP contribution is -2.21. The predicted molar refractivity (Wildman–Crippen MR) is 57.1 cm³/mol. The summed E-state index contributed by atoms with van der Waals surface area (Å²) in [5.41, 5.74) is 5.82. The van der Waals surface area contributed by atoms with Crippen LogP contribution in [0.15, 0.2) is 4.99 Å². The van der Waals surface area contributed by atoms with E-state index < -0.39 is 0 Å². The van der Waals surface area contributed by atoms with Crippen molar-refractivity contribution in [2.45, 2.75) is 33.6 Å². The third-order valence-corrected chi connectivity index (χ3v) is 2.06. The monoisotopic (exact) mass is 186 g/mol. The van der Waals surface area contributed by atoms with Gasteiger partial charge in [0.1, 0.15) is 0 Å². The van der Waals surface area contributed by atoms with E-state index in [1.165, 1.54) is 0 Å². The van der Waals surface area contributed by atoms with Crippen LogP contribution in [0, 0.1) is 5.41 Å². The quantitative estimate of drug-likeness (QED) is 0.508. The number of amidine groups is 1. The second kappa shape index (κ2) is 5.97. The first-order valence-electron chi connectivity index (χ1n) is 4.79. The number of hydrogen-bond acceptors (Lipinski definition) is 2. The molecule has 0 aliphatic rings. The number of nitrogens with zero attached hydrogens (tertiary/aromatic N) is 1. The van der Waals surface area contributed by atoms with Crippen molar-refractivity contribution in [3.05, 3.63) is 0 Å². The molecule has 0 unspecified atom stereocenters. The molecule has 0 aliphatic heterocycles. The first-order chi connectivity index (χ1) is 6.02. The van der Waals surface area contributed by atoms with Gasteiger partial charge in [-0.15, -0.1) is 0 Å². The molecule has 0 bridgehead atoms. The third-order valence-electron chi connectivity index (χ3n) is 2.06. The van der Waals surface area contributed by atoms with Gasteiger partial charge in [0.05, 0.1) is 5.84 Å². The molecule has 0 rings (SSSR count). The van der Waals surface area contributed by atoms with Gasteiger partial charge in [-0.3, -0.25) is 4.99 Å². The van der Waals surface area contributed by atoms with Gasteiger partial charge in [0.15, 0.2) is 0 Å². The summed E-state index contributed by atoms with van der Waals surface area (Å²) >= 11 is 0. The zero-order chi connectivity index (χ0) is 10.3. The molecule has 0 heterocycles. The lowest BCUT2D eigenvalue weighted by atomic mass is 9.90. The van der Waals surface area contributed by atoms with Gasteiger partial charge in [-0.25, -0.2) is 0 Å². The molecule has 0 fully saturated rings. The zero-order valence-corrected chi connectivity index (χ0v) is 9.26. The van der Waals surface area contributed by atoms with E-state index in [1.54, 1.807) is 7.11 Å². The van der Waals surface area contributed by atoms with Crippen LogP contribution in [0.5, 0.6) is 0 Å². The summed E-state index contributed by atoms with van der Waals surface area (Å²) in [6.45, 7) is 7.95. The Morgan fingerprint density at radius 2 is 2.08 bits per heavy atom. The van der Waals surface area contributed by atoms with Crippen molar-refractivity contribution < 1.29 is 4.74 Å². The lowest BCUT2D eigenvalue weighted by molar-refractivity contribution is 0.155. The molecule has 0 aromatic rings. The highest BCUT2D eigenvalue weighted by atomic mass is 16.5. The van der Waals surface area contributed by atoms with Crippen molar-refractivity contribution >= 4 is 5.84 Å². The van der Waals surface area contributed by atoms with Crippen molar-refractivity contribution in [3.8, 4) is 0 Å². The Morgan fingerprint density at radius 3 is 2.54 bits per heavy atom. The molecule has 3 nitrogen and oxygen atoms in total. The van der Waals surface area contributed by atoms with Crippen molar-refractivity contribution in [2.75, 3.05) is 20.3 Å². The number of rotatable bonds is 6. The minimum absolute atomic E-state index is 0.190. The van der Waals surface area contributed by atoms with E-state index in [4.69, 9.17) is 10.5 Å². The molecule has 3 heteroatoms. The van der Waals surface area contributed by atoms with Gasteiger partial charge in [0.25, 0.3) is 0 Å². The van der Waals surface area contributed by atoms with Crippen LogP contribution in [-0.4, -0.2) is 26.1 Å². The molecule has 0 spiro atoms. The summed E-state index contributed by atoms with van der Waals surface area (Å²) in [7, 11) is 1.72. The summed E-state index contributed by atoms with van der Waals surface area (Å²) in [4.78, 5) is 4.31. The van der Waals surface area contributed by atoms with E-state index in [0.29, 0.717) is 0 Å². The topological polar surface area (TPSA) is 47.6 Å². The van der Waals surface area contributed by atoms with E-state index in [9.17, 15) is 0 Å². The summed E-state index contributed by atoms with van der Waals surface area (Å²) in [6.07, 6.45) is 1.85. The van der Waals surface area contributed by atoms with Gasteiger partial charge >= 0.3 is 0 Å². The molecule has 0 radical (unpaired) electrons. The van der Waals surface area contributed by atoms with Crippen molar-refractivity contribution in [1.82, 2.24) is 0 Å². The van der Waals surface area contributed by atoms with Gasteiger partial charge < -0.3 is 10.5 Å². The number of hydrogen-bond donors (Lipinski definition) is 1. The molecular formula is C10H22N2O. The number of methoxy groups -OCH3 is 1. The summed E-state index contributed by atoms with van der Waals surface area (Å²) in [5, 5.41) is 0. The van der Waals surface area contributed by atoms with Crippen LogP contribution in [0.4, 0.5) is 0 Å². The van der Waals surface area contributed by atoms with Crippen molar-refractivity contribution in [3.63, 3.8) is 0 Å². The van der Waals surface area contributed by atoms with E-state index in [-0.39, 0.29) is 5.41 Å². The van der Waals surface area contributed by atoms with Gasteiger partial charge in [-0.2, -0.15) is 0 Å². The molecular weight excluding hydrogens is 164 g/mol. The minimum atomic E-state index is 0.190. The standard InChI is InChI=1S/C10H22N2O/c1-5-9(11)12-8-10(2,3)6-7-13-4/h5-8H2,1-4H3,(H2,11,12). The first-order valence-corrected chi connectivity index (χ1v) is 4.79. The van der Waals surface area contributed by atoms with Crippen LogP contribution in [0.1, 0.15) is 33.6 Å². The Bertz CT molecular complexity index is 164. The van der Waals surface area contributed by atoms with Crippen LogP contribution < -0.4 is 5.73 Å². The van der Waals surface area contributed by atoms with Crippen LogP contribution in [-0.2, 0) is 4.74 Å². The number of ether oxygens (including phenoxy) is 1. The molecule has 0 atom stereocenters. The maximum Gasteiger partial charge on any atom is 0.0934 e. The highest BCUT2D eigenvalue weighted by Gasteiger charge is 2.16. The lowest BCUT2D eigenvalue weighted by Gasteiger charge is -2.21. The fourth-order valence-corrected chi connectivity index (χ4v) is 0.885. The Labute approximate surface area is 81.4 Å². The molecule has 0 aromatic carbocycles. The molecule has 0 saturated carbocycles. The highest BCUT2D eigenvalue weighted by Crippen LogP contribution is 2.20. The van der Waals surface area contributed by atoms with Gasteiger partial charge in [-0.05, 0) is 11.8 Å². The molecule has 0 aromatic heterocycles. The first kappa shape index (κ1) is 12.4. The van der Waals surface area contributed by atoms with Gasteiger partial charge in [0.2, 0.25) is 0 Å². The average molecular weight is 186 g/mol. The summed E-state index contributed by atoms with van der Waals surface area (Å²) in [6, 6.07) is 0. The van der Waals surface area contributed by atoms with Crippen LogP contribution in [0.25, 0.3) is 0 Å². The summed E-state index contributed by atoms with van der Waals surface area (Å²) in [5.74, 6) is 0.741. The predicted octanol–water partition coefficient (Wildman–Crippen LogP) is 1.82. The van der Waals surface area contributed by atoms with Crippen LogP contribution in [0.2, 0.25) is 0 Å². The second-order valence-corrected chi connectivity index (χ2v) is 4.07. The highest BCUT2D eigenvalue weighted by molar-refractivity contribution is 5.79. The number of aliphatic imine (C=N–C) groups is 1. The van der Waals surface area contributed by atoms with Crippen LogP contribution >= 0.6 is 0 Å². The van der Waals surface area contributed by atoms with Gasteiger partial charge in [-0.1, -0.05) is 20.8 Å².